The lowest BCUT2D eigenvalue weighted by Gasteiger charge is -2.24. The summed E-state index contributed by atoms with van der Waals surface area (Å²) in [4.78, 5) is 5.21. The van der Waals surface area contributed by atoms with E-state index in [1.807, 2.05) is 18.2 Å². The Morgan fingerprint density at radius 3 is 2.12 bits per heavy atom. The van der Waals surface area contributed by atoms with Gasteiger partial charge in [0.2, 0.25) is 0 Å². The average molecular weight is 539 g/mol. The van der Waals surface area contributed by atoms with Gasteiger partial charge in [-0.15, -0.1) is 0 Å². The molecule has 2 aromatic heterocycles. The van der Waals surface area contributed by atoms with E-state index in [0.717, 1.165) is 38.9 Å². The average Bonchev–Trinajstić information content (AvgIpc) is 3.55. The molecule has 7 rings (SSSR count). The van der Waals surface area contributed by atoms with E-state index in [9.17, 15) is 4.39 Å². The van der Waals surface area contributed by atoms with E-state index in [0.29, 0.717) is 11.2 Å². The standard InChI is InChI=1S/C37H31FN2O/c1-22(2)29-19-25(24-11-6-5-7-12-24)20-30(23(3)4)35(29)40-33-16-9-8-15-32(33)39-37(40)28-14-10-13-27-31-21-26(38)17-18-34(31)41-36(27)28/h5-23H,1-4H3. The number of furan rings is 1. The molecule has 5 aromatic carbocycles. The molecular weight excluding hydrogens is 507 g/mol. The van der Waals surface area contributed by atoms with E-state index in [-0.39, 0.29) is 17.7 Å². The van der Waals surface area contributed by atoms with E-state index in [1.54, 1.807) is 12.1 Å². The molecule has 0 bridgehead atoms. The van der Waals surface area contributed by atoms with Crippen LogP contribution < -0.4 is 0 Å². The molecule has 202 valence electrons. The van der Waals surface area contributed by atoms with Crippen LogP contribution in [-0.2, 0) is 0 Å². The lowest BCUT2D eigenvalue weighted by Crippen LogP contribution is -2.09. The zero-order valence-corrected chi connectivity index (χ0v) is 23.7. The number of aromatic nitrogens is 2. The molecule has 4 heteroatoms. The highest BCUT2D eigenvalue weighted by Gasteiger charge is 2.25. The molecule has 0 fully saturated rings. The van der Waals surface area contributed by atoms with Crippen LogP contribution in [0.15, 0.2) is 108 Å². The van der Waals surface area contributed by atoms with Crippen molar-refractivity contribution in [3.05, 3.63) is 120 Å². The van der Waals surface area contributed by atoms with Gasteiger partial charge in [-0.3, -0.25) is 4.57 Å². The van der Waals surface area contributed by atoms with Crippen LogP contribution in [-0.4, -0.2) is 9.55 Å². The summed E-state index contributed by atoms with van der Waals surface area (Å²) in [5, 5.41) is 1.64. The first kappa shape index (κ1) is 25.3. The zero-order chi connectivity index (χ0) is 28.2. The lowest BCUT2D eigenvalue weighted by molar-refractivity contribution is 0.626. The largest absolute Gasteiger partial charge is 0.455 e. The molecule has 0 spiro atoms. The molecule has 0 atom stereocenters. The molecule has 0 amide bonds. The first-order valence-electron chi connectivity index (χ1n) is 14.2. The summed E-state index contributed by atoms with van der Waals surface area (Å²) in [6.07, 6.45) is 0. The van der Waals surface area contributed by atoms with Crippen molar-refractivity contribution in [1.29, 1.82) is 0 Å². The van der Waals surface area contributed by atoms with Gasteiger partial charge < -0.3 is 4.42 Å². The third kappa shape index (κ3) is 4.13. The maximum absolute atomic E-state index is 14.2. The minimum atomic E-state index is -0.278. The molecule has 0 aliphatic rings. The van der Waals surface area contributed by atoms with Crippen LogP contribution in [0.5, 0.6) is 0 Å². The van der Waals surface area contributed by atoms with Crippen molar-refractivity contribution in [3.8, 4) is 28.2 Å². The van der Waals surface area contributed by atoms with Crippen molar-refractivity contribution in [3.63, 3.8) is 0 Å². The van der Waals surface area contributed by atoms with Gasteiger partial charge >= 0.3 is 0 Å². The normalized spacial score (nSPS) is 12.0. The number of para-hydroxylation sites is 3. The van der Waals surface area contributed by atoms with E-state index in [2.05, 4.69) is 99.0 Å². The Morgan fingerprint density at radius 2 is 1.39 bits per heavy atom. The Hall–Kier alpha value is -4.70. The first-order valence-corrected chi connectivity index (χ1v) is 14.2. The highest BCUT2D eigenvalue weighted by molar-refractivity contribution is 6.09. The maximum atomic E-state index is 14.2. The Morgan fingerprint density at radius 1 is 0.683 bits per heavy atom. The Kier molecular flexibility index (Phi) is 6.01. The quantitative estimate of drug-likeness (QED) is 0.218. The number of halogens is 1. The number of benzene rings is 5. The van der Waals surface area contributed by atoms with E-state index >= 15 is 0 Å². The smallest absolute Gasteiger partial charge is 0.149 e. The van der Waals surface area contributed by atoms with Crippen LogP contribution >= 0.6 is 0 Å². The molecule has 0 aliphatic carbocycles. The van der Waals surface area contributed by atoms with E-state index < -0.39 is 0 Å². The van der Waals surface area contributed by atoms with Crippen LogP contribution in [0.4, 0.5) is 4.39 Å². The summed E-state index contributed by atoms with van der Waals surface area (Å²) in [5.74, 6) is 1.07. The number of hydrogen-bond donors (Lipinski definition) is 0. The minimum absolute atomic E-state index is 0.269. The van der Waals surface area contributed by atoms with Gasteiger partial charge in [0.25, 0.3) is 0 Å². The van der Waals surface area contributed by atoms with E-state index in [4.69, 9.17) is 9.40 Å². The molecule has 0 unspecified atom stereocenters. The number of fused-ring (bicyclic) bond motifs is 4. The molecule has 2 heterocycles. The van der Waals surface area contributed by atoms with Crippen molar-refractivity contribution < 1.29 is 8.81 Å². The molecule has 3 nitrogen and oxygen atoms in total. The number of hydrogen-bond acceptors (Lipinski definition) is 2. The maximum Gasteiger partial charge on any atom is 0.149 e. The van der Waals surface area contributed by atoms with Gasteiger partial charge in [-0.1, -0.05) is 82.3 Å². The summed E-state index contributed by atoms with van der Waals surface area (Å²) >= 11 is 0. The van der Waals surface area contributed by atoms with Gasteiger partial charge in [0.15, 0.2) is 0 Å². The second-order valence-corrected chi connectivity index (χ2v) is 11.4. The summed E-state index contributed by atoms with van der Waals surface area (Å²) in [7, 11) is 0. The fraction of sp³-hybridized carbons (Fsp3) is 0.162. The molecule has 0 N–H and O–H groups in total. The van der Waals surface area contributed by atoms with Crippen LogP contribution in [0.2, 0.25) is 0 Å². The van der Waals surface area contributed by atoms with Crippen molar-refractivity contribution >= 4 is 33.0 Å². The van der Waals surface area contributed by atoms with Gasteiger partial charge in [0, 0.05) is 10.8 Å². The van der Waals surface area contributed by atoms with E-state index in [1.165, 1.54) is 28.3 Å². The van der Waals surface area contributed by atoms with Gasteiger partial charge in [0.1, 0.15) is 22.8 Å². The number of rotatable bonds is 5. The molecule has 0 saturated heterocycles. The third-order valence-electron chi connectivity index (χ3n) is 8.00. The van der Waals surface area contributed by atoms with Crippen LogP contribution in [0.25, 0.3) is 61.2 Å². The molecule has 0 aliphatic heterocycles. The predicted octanol–water partition coefficient (Wildman–Crippen LogP) is 10.6. The topological polar surface area (TPSA) is 31.0 Å². The minimum Gasteiger partial charge on any atom is -0.455 e. The molecule has 41 heavy (non-hydrogen) atoms. The molecule has 0 saturated carbocycles. The van der Waals surface area contributed by atoms with Crippen LogP contribution in [0.1, 0.15) is 50.7 Å². The number of nitrogens with zero attached hydrogens (tertiary/aromatic N) is 2. The third-order valence-corrected chi connectivity index (χ3v) is 8.00. The molecule has 0 radical (unpaired) electrons. The second-order valence-electron chi connectivity index (χ2n) is 11.4. The predicted molar refractivity (Wildman–Crippen MR) is 167 cm³/mol. The first-order chi connectivity index (χ1) is 19.9. The fourth-order valence-corrected chi connectivity index (χ4v) is 6.00. The van der Waals surface area contributed by atoms with Crippen molar-refractivity contribution in [2.45, 2.75) is 39.5 Å². The summed E-state index contributed by atoms with van der Waals surface area (Å²) in [5.41, 5.74) is 10.3. The van der Waals surface area contributed by atoms with Gasteiger partial charge in [-0.05, 0) is 82.6 Å². The Balaban J connectivity index is 1.59. The van der Waals surface area contributed by atoms with Gasteiger partial charge in [-0.25, -0.2) is 9.37 Å². The summed E-state index contributed by atoms with van der Waals surface area (Å²) in [6.45, 7) is 9.02. The monoisotopic (exact) mass is 538 g/mol. The SMILES string of the molecule is CC(C)c1cc(-c2ccccc2)cc(C(C)C)c1-n1c(-c2cccc3c2oc2ccc(F)cc23)nc2ccccc21. The van der Waals surface area contributed by atoms with Crippen molar-refractivity contribution in [1.82, 2.24) is 9.55 Å². The second kappa shape index (κ2) is 9.74. The zero-order valence-electron chi connectivity index (χ0n) is 23.7. The summed E-state index contributed by atoms with van der Waals surface area (Å²) in [6, 6.07) is 34.3. The molecule has 7 aromatic rings. The van der Waals surface area contributed by atoms with Crippen molar-refractivity contribution in [2.24, 2.45) is 0 Å². The van der Waals surface area contributed by atoms with Gasteiger partial charge in [-0.2, -0.15) is 0 Å². The van der Waals surface area contributed by atoms with Crippen molar-refractivity contribution in [2.75, 3.05) is 0 Å². The Labute approximate surface area is 238 Å². The number of imidazole rings is 1. The Bertz CT molecular complexity index is 2040. The van der Waals surface area contributed by atoms with Crippen LogP contribution in [0, 0.1) is 5.82 Å². The van der Waals surface area contributed by atoms with Crippen LogP contribution in [0.3, 0.4) is 0 Å². The van der Waals surface area contributed by atoms with Gasteiger partial charge in [0.05, 0.1) is 22.3 Å². The summed E-state index contributed by atoms with van der Waals surface area (Å²) < 4.78 is 22.9. The lowest BCUT2D eigenvalue weighted by atomic mass is 9.88. The highest BCUT2D eigenvalue weighted by Crippen LogP contribution is 2.42. The fourth-order valence-electron chi connectivity index (χ4n) is 6.00. The highest BCUT2D eigenvalue weighted by atomic mass is 19.1. The molecular formula is C37H31FN2O.